The number of carbonyl (C=O) groups excluding carboxylic acids is 2. The topological polar surface area (TPSA) is 143 Å². The number of nitrogens with zero attached hydrogens (tertiary/aromatic N) is 4. The first-order chi connectivity index (χ1) is 28.9. The Kier molecular flexibility index (Phi) is 14.3. The van der Waals surface area contributed by atoms with Gasteiger partial charge in [-0.3, -0.25) is 19.8 Å². The fourth-order valence-corrected chi connectivity index (χ4v) is 7.53. The van der Waals surface area contributed by atoms with Gasteiger partial charge < -0.3 is 34.6 Å². The van der Waals surface area contributed by atoms with Crippen LogP contribution in [0.25, 0.3) is 0 Å². The molecule has 3 aromatic carbocycles. The van der Waals surface area contributed by atoms with E-state index < -0.39 is 11.9 Å². The Bertz CT molecular complexity index is 2450. The van der Waals surface area contributed by atoms with Crippen LogP contribution in [-0.2, 0) is 19.5 Å². The molecule has 0 radical (unpaired) electrons. The largest absolute Gasteiger partial charge is 0.543 e. The zero-order chi connectivity index (χ0) is 42.8. The molecule has 6 rings (SSSR count). The number of methoxy groups -OCH3 is 2. The predicted octanol–water partition coefficient (Wildman–Crippen LogP) is 3.77. The van der Waals surface area contributed by atoms with E-state index in [0.717, 1.165) is 51.3 Å². The van der Waals surface area contributed by atoms with Crippen molar-refractivity contribution in [3.05, 3.63) is 152 Å². The minimum Gasteiger partial charge on any atom is -0.543 e. The van der Waals surface area contributed by atoms with E-state index in [1.807, 2.05) is 82.3 Å². The number of rotatable bonds is 10. The first-order valence-electron chi connectivity index (χ1n) is 19.9. The molecule has 2 aromatic heterocycles. The van der Waals surface area contributed by atoms with Crippen LogP contribution in [0.3, 0.4) is 0 Å². The third-order valence-corrected chi connectivity index (χ3v) is 10.6. The maximum absolute atomic E-state index is 12.2. The average Bonchev–Trinajstić information content (AvgIpc) is 3.30. The Morgan fingerprint density at radius 1 is 0.683 bits per heavy atom. The maximum atomic E-state index is 12.2. The summed E-state index contributed by atoms with van der Waals surface area (Å²) in [7, 11) is 3.25. The summed E-state index contributed by atoms with van der Waals surface area (Å²) in [6, 6.07) is 24.6. The van der Waals surface area contributed by atoms with Gasteiger partial charge in [0.15, 0.2) is 0 Å². The van der Waals surface area contributed by atoms with Crippen molar-refractivity contribution in [2.24, 2.45) is 0 Å². The highest BCUT2D eigenvalue weighted by Gasteiger charge is 2.23. The van der Waals surface area contributed by atoms with Crippen molar-refractivity contribution in [3.63, 3.8) is 0 Å². The summed E-state index contributed by atoms with van der Waals surface area (Å²) in [5, 5.41) is 28.0. The number of carboxylic acids is 2. The molecule has 0 amide bonds. The first-order valence-corrected chi connectivity index (χ1v) is 19.9. The van der Waals surface area contributed by atoms with Gasteiger partial charge in [-0.25, -0.2) is 0 Å². The summed E-state index contributed by atoms with van der Waals surface area (Å²) >= 11 is 0. The fourth-order valence-electron chi connectivity index (χ4n) is 7.53. The van der Waals surface area contributed by atoms with Gasteiger partial charge in [-0.05, 0) is 110 Å². The Labute approximate surface area is 352 Å². The summed E-state index contributed by atoms with van der Waals surface area (Å²) in [4.78, 5) is 37.9. The van der Waals surface area contributed by atoms with Crippen molar-refractivity contribution in [1.29, 1.82) is 0 Å². The van der Waals surface area contributed by atoms with Crippen LogP contribution < -0.4 is 25.0 Å². The van der Waals surface area contributed by atoms with Gasteiger partial charge in [0, 0.05) is 74.1 Å². The van der Waals surface area contributed by atoms with Crippen molar-refractivity contribution in [2.75, 3.05) is 46.9 Å². The van der Waals surface area contributed by atoms with E-state index in [0.29, 0.717) is 68.3 Å². The summed E-state index contributed by atoms with van der Waals surface area (Å²) in [6.45, 7) is 11.8. The molecule has 308 valence electrons. The Morgan fingerprint density at radius 2 is 1.18 bits per heavy atom. The van der Waals surface area contributed by atoms with Crippen molar-refractivity contribution < 1.29 is 29.3 Å². The van der Waals surface area contributed by atoms with Crippen LogP contribution in [0.5, 0.6) is 11.5 Å². The average molecular weight is 804 g/mol. The second-order valence-corrected chi connectivity index (χ2v) is 15.1. The molecule has 1 aliphatic rings. The van der Waals surface area contributed by atoms with E-state index in [1.165, 1.54) is 17.7 Å². The van der Waals surface area contributed by atoms with E-state index in [4.69, 9.17) is 9.47 Å². The minimum absolute atomic E-state index is 0.0335. The van der Waals surface area contributed by atoms with Gasteiger partial charge in [-0.1, -0.05) is 54.0 Å². The van der Waals surface area contributed by atoms with Crippen LogP contribution in [0, 0.1) is 51.4 Å². The first kappa shape index (κ1) is 43.1. The molecule has 0 bridgehead atoms. The number of aromatic nitrogens is 2. The number of nitrogens with one attached hydrogen (secondary N) is 1. The molecule has 5 aromatic rings. The van der Waals surface area contributed by atoms with Gasteiger partial charge in [0.25, 0.3) is 0 Å². The SMILES string of the molecule is COc1cc(C)c(C#Cc2cc(CN3CCNCC(Cc4ccccc4)N(Cc4cc(C#Cc5c(C)cc(OC)cc5C)cc(C(=O)[O-])n4)CC3)nc(C(=O)[O-])c2)c(C)c1. The van der Waals surface area contributed by atoms with E-state index in [9.17, 15) is 19.8 Å². The van der Waals surface area contributed by atoms with E-state index in [-0.39, 0.29) is 17.4 Å². The molecule has 1 aliphatic heterocycles. The molecule has 1 fully saturated rings. The summed E-state index contributed by atoms with van der Waals surface area (Å²) in [5.41, 5.74) is 8.49. The van der Waals surface area contributed by atoms with Crippen molar-refractivity contribution in [1.82, 2.24) is 25.1 Å². The van der Waals surface area contributed by atoms with Crippen LogP contribution in [0.4, 0.5) is 0 Å². The maximum Gasteiger partial charge on any atom is 0.119 e. The lowest BCUT2D eigenvalue weighted by atomic mass is 10.0. The van der Waals surface area contributed by atoms with Crippen LogP contribution in [-0.4, -0.2) is 84.7 Å². The van der Waals surface area contributed by atoms with Gasteiger partial charge in [0.2, 0.25) is 0 Å². The molecule has 1 N–H and O–H groups in total. The second kappa shape index (κ2) is 20.0. The quantitative estimate of drug-likeness (QED) is 0.206. The van der Waals surface area contributed by atoms with Gasteiger partial charge in [0.05, 0.1) is 48.9 Å². The molecular weight excluding hydrogens is 755 g/mol. The third-order valence-electron chi connectivity index (χ3n) is 10.6. The highest BCUT2D eigenvalue weighted by atomic mass is 16.5. The molecular formula is C49H49N5O6-2. The number of carbonyl (C=O) groups is 2. The molecule has 1 atom stereocenters. The molecule has 0 aliphatic carbocycles. The summed E-state index contributed by atoms with van der Waals surface area (Å²) in [5.74, 6) is 11.6. The summed E-state index contributed by atoms with van der Waals surface area (Å²) < 4.78 is 10.8. The second-order valence-electron chi connectivity index (χ2n) is 15.1. The molecule has 60 heavy (non-hydrogen) atoms. The lowest BCUT2D eigenvalue weighted by Gasteiger charge is -2.32. The van der Waals surface area contributed by atoms with Gasteiger partial charge in [-0.15, -0.1) is 0 Å². The zero-order valence-electron chi connectivity index (χ0n) is 35.0. The van der Waals surface area contributed by atoms with E-state index >= 15 is 0 Å². The minimum atomic E-state index is -1.38. The molecule has 11 nitrogen and oxygen atoms in total. The molecule has 0 spiro atoms. The zero-order valence-corrected chi connectivity index (χ0v) is 35.0. The fraction of sp³-hybridized carbons (Fsp3) is 0.306. The molecule has 3 heterocycles. The molecule has 1 unspecified atom stereocenters. The van der Waals surface area contributed by atoms with E-state index in [2.05, 4.69) is 60.9 Å². The lowest BCUT2D eigenvalue weighted by Crippen LogP contribution is -2.44. The number of pyridine rings is 2. The summed E-state index contributed by atoms with van der Waals surface area (Å²) in [6.07, 6.45) is 0.751. The van der Waals surface area contributed by atoms with Crippen molar-refractivity contribution >= 4 is 11.9 Å². The van der Waals surface area contributed by atoms with Crippen molar-refractivity contribution in [2.45, 2.75) is 53.2 Å². The Morgan fingerprint density at radius 3 is 1.67 bits per heavy atom. The number of benzene rings is 3. The highest BCUT2D eigenvalue weighted by molar-refractivity contribution is 5.84. The van der Waals surface area contributed by atoms with Crippen LogP contribution >= 0.6 is 0 Å². The normalized spacial score (nSPS) is 14.7. The standard InChI is InChI=1S/C49H51N5O6/c1-32-20-42(59-5)21-33(2)44(32)14-12-37-24-39(51-46(27-37)48(55)56)30-53-17-16-50-29-41(26-36-10-8-7-9-11-36)54(19-18-53)31-40-25-38(28-47(52-40)49(57)58)13-15-45-34(3)22-43(60-6)23-35(45)4/h7-11,20-25,27-28,41,50H,16-19,26,29-31H2,1-6H3,(H,55,56)(H,57,58)/p-2. The van der Waals surface area contributed by atoms with Crippen LogP contribution in [0.1, 0.15) is 82.4 Å². The predicted molar refractivity (Wildman–Crippen MR) is 227 cm³/mol. The van der Waals surface area contributed by atoms with E-state index in [1.54, 1.807) is 14.2 Å². The number of carboxylic acid groups (broad SMARTS) is 2. The number of aromatic carboxylic acids is 2. The highest BCUT2D eigenvalue weighted by Crippen LogP contribution is 2.23. The Balaban J connectivity index is 1.29. The number of hydrogen-bond acceptors (Lipinski definition) is 11. The molecule has 1 saturated heterocycles. The van der Waals surface area contributed by atoms with Crippen molar-refractivity contribution in [3.8, 4) is 35.2 Å². The number of ether oxygens (including phenoxy) is 2. The number of hydrogen-bond donors (Lipinski definition) is 1. The number of aryl methyl sites for hydroxylation is 4. The van der Waals surface area contributed by atoms with Crippen LogP contribution in [0.2, 0.25) is 0 Å². The molecule has 0 saturated carbocycles. The monoisotopic (exact) mass is 803 g/mol. The van der Waals surface area contributed by atoms with Gasteiger partial charge >= 0.3 is 0 Å². The van der Waals surface area contributed by atoms with Gasteiger partial charge in [-0.2, -0.15) is 0 Å². The van der Waals surface area contributed by atoms with Crippen LogP contribution in [0.15, 0.2) is 78.9 Å². The third kappa shape index (κ3) is 11.4. The Hall–Kier alpha value is -6.50. The smallest absolute Gasteiger partial charge is 0.119 e. The van der Waals surface area contributed by atoms with Gasteiger partial charge in [0.1, 0.15) is 11.5 Å². The lowest BCUT2D eigenvalue weighted by molar-refractivity contribution is -0.256. The molecule has 11 heteroatoms.